The standard InChI is InChI=1S/C20H24N2O2/c1-5-22(6-2)20(24)17-9-7-16(8-10-17)19(23)21-18-12-14(3)11-15(4)13-18/h7-13H,5-6H2,1-4H3,(H,21,23). The molecule has 0 heterocycles. The first-order chi connectivity index (χ1) is 11.4. The Morgan fingerprint density at radius 3 is 1.88 bits per heavy atom. The Morgan fingerprint density at radius 1 is 0.875 bits per heavy atom. The fourth-order valence-electron chi connectivity index (χ4n) is 2.71. The third kappa shape index (κ3) is 4.22. The molecule has 0 atom stereocenters. The van der Waals surface area contributed by atoms with E-state index >= 15 is 0 Å². The number of hydrogen-bond acceptors (Lipinski definition) is 2. The molecule has 0 aromatic heterocycles. The van der Waals surface area contributed by atoms with E-state index in [9.17, 15) is 9.59 Å². The van der Waals surface area contributed by atoms with Gasteiger partial charge in [0.05, 0.1) is 0 Å². The van der Waals surface area contributed by atoms with Crippen LogP contribution >= 0.6 is 0 Å². The summed E-state index contributed by atoms with van der Waals surface area (Å²) >= 11 is 0. The number of amides is 2. The van der Waals surface area contributed by atoms with Crippen LogP contribution in [-0.4, -0.2) is 29.8 Å². The van der Waals surface area contributed by atoms with Crippen LogP contribution in [-0.2, 0) is 0 Å². The molecular weight excluding hydrogens is 300 g/mol. The zero-order valence-corrected chi connectivity index (χ0v) is 14.7. The molecule has 4 heteroatoms. The third-order valence-electron chi connectivity index (χ3n) is 3.92. The molecule has 0 aliphatic heterocycles. The summed E-state index contributed by atoms with van der Waals surface area (Å²) in [5.74, 6) is -0.192. The molecule has 2 aromatic rings. The van der Waals surface area contributed by atoms with Gasteiger partial charge in [0.15, 0.2) is 0 Å². The molecule has 0 saturated carbocycles. The molecule has 24 heavy (non-hydrogen) atoms. The van der Waals surface area contributed by atoms with Gasteiger partial charge in [-0.25, -0.2) is 0 Å². The molecule has 126 valence electrons. The summed E-state index contributed by atoms with van der Waals surface area (Å²) in [7, 11) is 0. The number of nitrogens with one attached hydrogen (secondary N) is 1. The van der Waals surface area contributed by atoms with Crippen LogP contribution in [0.3, 0.4) is 0 Å². The Bertz CT molecular complexity index is 712. The lowest BCUT2D eigenvalue weighted by Crippen LogP contribution is -2.30. The van der Waals surface area contributed by atoms with Crippen LogP contribution in [0, 0.1) is 13.8 Å². The van der Waals surface area contributed by atoms with Gasteiger partial charge in [-0.05, 0) is 75.2 Å². The molecule has 0 unspecified atom stereocenters. The average Bonchev–Trinajstić information content (AvgIpc) is 2.55. The van der Waals surface area contributed by atoms with Crippen molar-refractivity contribution >= 4 is 17.5 Å². The molecule has 0 radical (unpaired) electrons. The Balaban J connectivity index is 2.12. The first kappa shape index (κ1) is 17.7. The predicted octanol–water partition coefficient (Wildman–Crippen LogP) is 4.04. The lowest BCUT2D eigenvalue weighted by Gasteiger charge is -2.18. The Morgan fingerprint density at radius 2 is 1.38 bits per heavy atom. The number of carbonyl (C=O) groups is 2. The SMILES string of the molecule is CCN(CC)C(=O)c1ccc(C(=O)Nc2cc(C)cc(C)c2)cc1. The van der Waals surface area contributed by atoms with Gasteiger partial charge in [-0.3, -0.25) is 9.59 Å². The number of aryl methyl sites for hydroxylation is 2. The van der Waals surface area contributed by atoms with Gasteiger partial charge in [-0.2, -0.15) is 0 Å². The summed E-state index contributed by atoms with van der Waals surface area (Å²) < 4.78 is 0. The van der Waals surface area contributed by atoms with E-state index in [0.29, 0.717) is 24.2 Å². The van der Waals surface area contributed by atoms with E-state index in [2.05, 4.69) is 11.4 Å². The summed E-state index contributed by atoms with van der Waals surface area (Å²) in [5.41, 5.74) is 4.11. The summed E-state index contributed by atoms with van der Waals surface area (Å²) in [6, 6.07) is 12.7. The normalized spacial score (nSPS) is 10.3. The second-order valence-corrected chi connectivity index (χ2v) is 5.89. The average molecular weight is 324 g/mol. The predicted molar refractivity (Wildman–Crippen MR) is 97.6 cm³/mol. The molecule has 1 N–H and O–H groups in total. The van der Waals surface area contributed by atoms with E-state index in [4.69, 9.17) is 0 Å². The van der Waals surface area contributed by atoms with Crippen molar-refractivity contribution in [3.63, 3.8) is 0 Å². The van der Waals surface area contributed by atoms with Crippen molar-refractivity contribution in [2.75, 3.05) is 18.4 Å². The monoisotopic (exact) mass is 324 g/mol. The van der Waals surface area contributed by atoms with Gasteiger partial charge in [0, 0.05) is 29.9 Å². The maximum Gasteiger partial charge on any atom is 0.255 e. The van der Waals surface area contributed by atoms with E-state index in [1.165, 1.54) is 0 Å². The number of benzene rings is 2. The second-order valence-electron chi connectivity index (χ2n) is 5.89. The van der Waals surface area contributed by atoms with Gasteiger partial charge < -0.3 is 10.2 Å². The molecule has 0 spiro atoms. The van der Waals surface area contributed by atoms with Crippen molar-refractivity contribution in [3.05, 3.63) is 64.7 Å². The van der Waals surface area contributed by atoms with Gasteiger partial charge >= 0.3 is 0 Å². The summed E-state index contributed by atoms with van der Waals surface area (Å²) in [5, 5.41) is 2.90. The molecule has 4 nitrogen and oxygen atoms in total. The second kappa shape index (κ2) is 7.77. The van der Waals surface area contributed by atoms with Gasteiger partial charge in [-0.1, -0.05) is 6.07 Å². The van der Waals surface area contributed by atoms with Crippen molar-refractivity contribution < 1.29 is 9.59 Å². The van der Waals surface area contributed by atoms with Crippen molar-refractivity contribution in [1.29, 1.82) is 0 Å². The van der Waals surface area contributed by atoms with E-state index in [-0.39, 0.29) is 11.8 Å². The number of carbonyl (C=O) groups excluding carboxylic acids is 2. The molecule has 2 rings (SSSR count). The molecule has 2 aromatic carbocycles. The van der Waals surface area contributed by atoms with Crippen LogP contribution in [0.2, 0.25) is 0 Å². The molecule has 0 bridgehead atoms. The Kier molecular flexibility index (Phi) is 5.74. The minimum atomic E-state index is -0.179. The van der Waals surface area contributed by atoms with E-state index in [1.807, 2.05) is 39.8 Å². The smallest absolute Gasteiger partial charge is 0.255 e. The third-order valence-corrected chi connectivity index (χ3v) is 3.92. The first-order valence-corrected chi connectivity index (χ1v) is 8.23. The van der Waals surface area contributed by atoms with Crippen molar-refractivity contribution in [2.24, 2.45) is 0 Å². The van der Waals surface area contributed by atoms with Gasteiger partial charge in [0.25, 0.3) is 11.8 Å². The van der Waals surface area contributed by atoms with Crippen LogP contribution < -0.4 is 5.32 Å². The van der Waals surface area contributed by atoms with Crippen LogP contribution in [0.25, 0.3) is 0 Å². The largest absolute Gasteiger partial charge is 0.339 e. The number of anilines is 1. The fraction of sp³-hybridized carbons (Fsp3) is 0.300. The lowest BCUT2D eigenvalue weighted by molar-refractivity contribution is 0.0772. The Hall–Kier alpha value is -2.62. The maximum absolute atomic E-state index is 12.4. The minimum Gasteiger partial charge on any atom is -0.339 e. The molecule has 0 aliphatic rings. The molecule has 0 aliphatic carbocycles. The highest BCUT2D eigenvalue weighted by molar-refractivity contribution is 6.05. The van der Waals surface area contributed by atoms with Gasteiger partial charge in [-0.15, -0.1) is 0 Å². The van der Waals surface area contributed by atoms with Crippen LogP contribution in [0.1, 0.15) is 45.7 Å². The number of hydrogen-bond donors (Lipinski definition) is 1. The highest BCUT2D eigenvalue weighted by Gasteiger charge is 2.13. The lowest BCUT2D eigenvalue weighted by atomic mass is 10.1. The summed E-state index contributed by atoms with van der Waals surface area (Å²) in [4.78, 5) is 26.4. The first-order valence-electron chi connectivity index (χ1n) is 8.23. The summed E-state index contributed by atoms with van der Waals surface area (Å²) in [6.07, 6.45) is 0. The fourth-order valence-corrected chi connectivity index (χ4v) is 2.71. The number of nitrogens with zero attached hydrogens (tertiary/aromatic N) is 1. The van der Waals surface area contributed by atoms with Crippen molar-refractivity contribution in [2.45, 2.75) is 27.7 Å². The molecular formula is C20H24N2O2. The molecule has 2 amide bonds. The number of rotatable bonds is 5. The zero-order valence-electron chi connectivity index (χ0n) is 14.7. The molecule has 0 fully saturated rings. The highest BCUT2D eigenvalue weighted by Crippen LogP contribution is 2.15. The summed E-state index contributed by atoms with van der Waals surface area (Å²) in [6.45, 7) is 9.24. The van der Waals surface area contributed by atoms with Crippen LogP contribution in [0.15, 0.2) is 42.5 Å². The maximum atomic E-state index is 12.4. The Labute approximate surface area is 143 Å². The van der Waals surface area contributed by atoms with Crippen LogP contribution in [0.4, 0.5) is 5.69 Å². The van der Waals surface area contributed by atoms with Crippen molar-refractivity contribution in [1.82, 2.24) is 4.90 Å². The minimum absolute atomic E-state index is 0.0127. The van der Waals surface area contributed by atoms with E-state index in [0.717, 1.165) is 16.8 Å². The van der Waals surface area contributed by atoms with Crippen LogP contribution in [0.5, 0.6) is 0 Å². The molecule has 0 saturated heterocycles. The topological polar surface area (TPSA) is 49.4 Å². The van der Waals surface area contributed by atoms with E-state index in [1.54, 1.807) is 29.2 Å². The zero-order chi connectivity index (χ0) is 17.7. The van der Waals surface area contributed by atoms with E-state index < -0.39 is 0 Å². The van der Waals surface area contributed by atoms with Gasteiger partial charge in [0.2, 0.25) is 0 Å². The van der Waals surface area contributed by atoms with Gasteiger partial charge in [0.1, 0.15) is 0 Å². The quantitative estimate of drug-likeness (QED) is 0.902. The highest BCUT2D eigenvalue weighted by atomic mass is 16.2. The van der Waals surface area contributed by atoms with Crippen molar-refractivity contribution in [3.8, 4) is 0 Å².